The summed E-state index contributed by atoms with van der Waals surface area (Å²) in [6.45, 7) is 0. The van der Waals surface area contributed by atoms with Crippen LogP contribution in [0.15, 0.2) is 0 Å². The summed E-state index contributed by atoms with van der Waals surface area (Å²) in [5.41, 5.74) is -2.74. The molecule has 0 saturated heterocycles. The summed E-state index contributed by atoms with van der Waals surface area (Å²) in [6, 6.07) is 0. The number of rotatable bonds is 5. The molecular weight excluding hydrogens is 278 g/mol. The minimum Gasteiger partial charge on any atom is -0.481 e. The first kappa shape index (κ1) is 21.8. The topological polar surface area (TPSA) is 193 Å². The van der Waals surface area contributed by atoms with Crippen LogP contribution in [0.5, 0.6) is 0 Å². The van der Waals surface area contributed by atoms with E-state index in [2.05, 4.69) is 0 Å². The third kappa shape index (κ3) is 12.7. The van der Waals surface area contributed by atoms with E-state index in [-0.39, 0.29) is 12.4 Å². The van der Waals surface area contributed by atoms with Gasteiger partial charge in [-0.05, 0) is 0 Å². The molecule has 0 aromatic carbocycles. The number of aliphatic carboxylic acids is 3. The monoisotopic (exact) mass is 290 g/mol. The van der Waals surface area contributed by atoms with Crippen LogP contribution in [0.4, 0.5) is 0 Å². The van der Waals surface area contributed by atoms with Crippen molar-refractivity contribution in [3.05, 3.63) is 0 Å². The van der Waals surface area contributed by atoms with E-state index in [1.165, 1.54) is 0 Å². The average Bonchev–Trinajstić information content (AvgIpc) is 1.98. The molecule has 10 nitrogen and oxygen atoms in total. The van der Waals surface area contributed by atoms with E-state index in [1.807, 2.05) is 0 Å². The van der Waals surface area contributed by atoms with E-state index in [0.717, 1.165) is 0 Å². The van der Waals surface area contributed by atoms with Crippen LogP contribution < -0.4 is 0 Å². The van der Waals surface area contributed by atoms with Crippen LogP contribution in [0, 0.1) is 0 Å². The van der Waals surface area contributed by atoms with Crippen LogP contribution in [-0.4, -0.2) is 66.3 Å². The molecule has 0 radical (unpaired) electrons. The van der Waals surface area contributed by atoms with Crippen LogP contribution in [0.2, 0.25) is 0 Å². The Labute approximate surface area is 107 Å². The fraction of sp³-hybridized carbons (Fsp3) is 0.500. The highest BCUT2D eigenvalue weighted by molar-refractivity contribution is 6.30. The summed E-state index contributed by atoms with van der Waals surface area (Å²) in [5, 5.41) is 55.3. The van der Waals surface area contributed by atoms with Crippen LogP contribution in [0.25, 0.3) is 0 Å². The molecule has 0 aliphatic rings. The highest BCUT2D eigenvalue weighted by Gasteiger charge is 2.40. The Balaban J connectivity index is -0.000000392. The summed E-state index contributed by atoms with van der Waals surface area (Å²) >= 11 is 0. The Morgan fingerprint density at radius 1 is 0.889 bits per heavy atom. The van der Waals surface area contributed by atoms with Gasteiger partial charge in [-0.3, -0.25) is 9.59 Å². The number of carboxylic acids is 3. The van der Waals surface area contributed by atoms with Crippen LogP contribution >= 0.6 is 12.4 Å². The first-order chi connectivity index (χ1) is 7.51. The number of aliphatic hydroxyl groups is 1. The van der Waals surface area contributed by atoms with Crippen LogP contribution in [0.3, 0.4) is 0 Å². The molecule has 12 heteroatoms. The molecule has 0 aromatic heterocycles. The van der Waals surface area contributed by atoms with Crippen molar-refractivity contribution >= 4 is 37.6 Å². The van der Waals surface area contributed by atoms with Gasteiger partial charge in [0.1, 0.15) is 0 Å². The SMILES string of the molecule is Cl.O=C(O)CC(O)(CC(=O)O)C(=O)O.OB(O)O. The molecule has 0 fully saturated rings. The Morgan fingerprint density at radius 2 is 1.11 bits per heavy atom. The standard InChI is InChI=1S/C6H8O7.BH3O3.ClH/c7-3(8)1-6(13,5(11)12)2-4(9)10;2-1(3)4;/h13H,1-2H2,(H,7,8)(H,9,10)(H,11,12);2-4H;1H. The number of halogens is 1. The van der Waals surface area contributed by atoms with Gasteiger partial charge in [-0.1, -0.05) is 0 Å². The molecule has 0 spiro atoms. The van der Waals surface area contributed by atoms with Crippen molar-refractivity contribution in [2.24, 2.45) is 0 Å². The third-order valence-corrected chi connectivity index (χ3v) is 1.29. The highest BCUT2D eigenvalue weighted by atomic mass is 35.5. The van der Waals surface area contributed by atoms with Crippen molar-refractivity contribution in [2.45, 2.75) is 18.4 Å². The van der Waals surface area contributed by atoms with Gasteiger partial charge in [0.05, 0.1) is 12.8 Å². The Morgan fingerprint density at radius 3 is 1.22 bits per heavy atom. The van der Waals surface area contributed by atoms with Crippen molar-refractivity contribution in [1.82, 2.24) is 0 Å². The van der Waals surface area contributed by atoms with Gasteiger partial charge in [-0.2, -0.15) is 0 Å². The molecule has 0 rings (SSSR count). The minimum atomic E-state index is -2.74. The van der Waals surface area contributed by atoms with Gasteiger partial charge >= 0.3 is 25.2 Å². The zero-order chi connectivity index (χ0) is 14.2. The molecule has 0 unspecified atom stereocenters. The molecule has 0 aromatic rings. The first-order valence-corrected chi connectivity index (χ1v) is 3.95. The lowest BCUT2D eigenvalue weighted by Gasteiger charge is -2.18. The molecule has 106 valence electrons. The summed E-state index contributed by atoms with van der Waals surface area (Å²) in [5.74, 6) is -5.02. The fourth-order valence-corrected chi connectivity index (χ4v) is 0.714. The van der Waals surface area contributed by atoms with Crippen LogP contribution in [-0.2, 0) is 14.4 Å². The Hall–Kier alpha value is -1.40. The minimum absolute atomic E-state index is 0. The molecule has 0 heterocycles. The van der Waals surface area contributed by atoms with E-state index < -0.39 is 43.7 Å². The summed E-state index contributed by atoms with van der Waals surface area (Å²) in [4.78, 5) is 30.5. The molecule has 0 atom stereocenters. The van der Waals surface area contributed by atoms with Gasteiger partial charge in [-0.25, -0.2) is 4.79 Å². The number of hydrogen-bond donors (Lipinski definition) is 7. The maximum absolute atomic E-state index is 10.3. The lowest BCUT2D eigenvalue weighted by atomic mass is 9.96. The van der Waals surface area contributed by atoms with Gasteiger partial charge in [0.2, 0.25) is 0 Å². The molecule has 0 saturated carbocycles. The van der Waals surface area contributed by atoms with Gasteiger partial charge < -0.3 is 35.5 Å². The van der Waals surface area contributed by atoms with Gasteiger partial charge in [0.15, 0.2) is 5.60 Å². The second-order valence-electron chi connectivity index (χ2n) is 2.82. The molecule has 0 aliphatic heterocycles. The van der Waals surface area contributed by atoms with Gasteiger partial charge in [0, 0.05) is 0 Å². The highest BCUT2D eigenvalue weighted by Crippen LogP contribution is 2.15. The fourth-order valence-electron chi connectivity index (χ4n) is 0.714. The molecule has 18 heavy (non-hydrogen) atoms. The van der Waals surface area contributed by atoms with Gasteiger partial charge in [-0.15, -0.1) is 12.4 Å². The zero-order valence-corrected chi connectivity index (χ0v) is 9.57. The van der Waals surface area contributed by atoms with Crippen molar-refractivity contribution < 1.29 is 49.9 Å². The van der Waals surface area contributed by atoms with E-state index in [9.17, 15) is 14.4 Å². The zero-order valence-electron chi connectivity index (χ0n) is 8.76. The Bertz CT molecular complexity index is 273. The lowest BCUT2D eigenvalue weighted by Crippen LogP contribution is -2.42. The quantitative estimate of drug-likeness (QED) is 0.258. The van der Waals surface area contributed by atoms with Gasteiger partial charge in [0.25, 0.3) is 0 Å². The number of carbonyl (C=O) groups is 3. The number of hydrogen-bond acceptors (Lipinski definition) is 7. The molecule has 7 N–H and O–H groups in total. The Kier molecular flexibility index (Phi) is 11.7. The summed E-state index contributed by atoms with van der Waals surface area (Å²) < 4.78 is 0. The van der Waals surface area contributed by atoms with Crippen molar-refractivity contribution in [3.8, 4) is 0 Å². The molecule has 0 amide bonds. The smallest absolute Gasteiger partial charge is 0.481 e. The maximum atomic E-state index is 10.3. The second-order valence-corrected chi connectivity index (χ2v) is 2.82. The predicted octanol–water partition coefficient (Wildman–Crippen LogP) is -2.88. The van der Waals surface area contributed by atoms with E-state index in [1.54, 1.807) is 0 Å². The molecule has 0 bridgehead atoms. The molecular formula is C6H12BClO10. The van der Waals surface area contributed by atoms with E-state index in [4.69, 9.17) is 35.5 Å². The third-order valence-electron chi connectivity index (χ3n) is 1.29. The van der Waals surface area contributed by atoms with Crippen molar-refractivity contribution in [2.75, 3.05) is 0 Å². The summed E-state index contributed by atoms with van der Waals surface area (Å²) in [7, 11) is -2.17. The molecule has 0 aliphatic carbocycles. The lowest BCUT2D eigenvalue weighted by molar-refractivity contribution is -0.170. The second kappa shape index (κ2) is 9.62. The largest absolute Gasteiger partial charge is 0.631 e. The summed E-state index contributed by atoms with van der Waals surface area (Å²) in [6.07, 6.45) is -2.29. The first-order valence-electron chi connectivity index (χ1n) is 3.95. The predicted molar refractivity (Wildman–Crippen MR) is 56.7 cm³/mol. The average molecular weight is 290 g/mol. The normalized spacial score (nSPS) is 9.33. The number of carboxylic acid groups (broad SMARTS) is 3. The van der Waals surface area contributed by atoms with Crippen LogP contribution in [0.1, 0.15) is 12.8 Å². The van der Waals surface area contributed by atoms with Crippen molar-refractivity contribution in [3.63, 3.8) is 0 Å². The van der Waals surface area contributed by atoms with Crippen molar-refractivity contribution in [1.29, 1.82) is 0 Å². The van der Waals surface area contributed by atoms with E-state index in [0.29, 0.717) is 0 Å². The van der Waals surface area contributed by atoms with E-state index >= 15 is 0 Å². The maximum Gasteiger partial charge on any atom is 0.631 e.